The van der Waals surface area contributed by atoms with Gasteiger partial charge in [-0.25, -0.2) is 0 Å². The molecule has 4 aromatic carbocycles. The molecule has 3 atom stereocenters. The van der Waals surface area contributed by atoms with Crippen molar-refractivity contribution in [2.45, 2.75) is 76.5 Å². The fourth-order valence-electron chi connectivity index (χ4n) is 8.02. The molecule has 0 aliphatic heterocycles. The zero-order valence-corrected chi connectivity index (χ0v) is 22.7. The first-order valence-electron chi connectivity index (χ1n) is 13.5. The maximum atomic E-state index is 2.56. The third-order valence-corrected chi connectivity index (χ3v) is 9.51. The molecule has 0 fully saturated rings. The highest BCUT2D eigenvalue weighted by Crippen LogP contribution is 2.69. The SMILES string of the molecule is Cc1ccc2c(c1)C(C)(C)CC21c2cc(C)c(C)cc2C(C)(Cc2ccccc2)C1c1ccccc1. The van der Waals surface area contributed by atoms with Gasteiger partial charge in [0.25, 0.3) is 0 Å². The Hall–Kier alpha value is -3.12. The number of benzene rings is 4. The minimum absolute atomic E-state index is 0.0287. The molecule has 0 radical (unpaired) electrons. The van der Waals surface area contributed by atoms with Crippen molar-refractivity contribution in [3.05, 3.63) is 141 Å². The van der Waals surface area contributed by atoms with Gasteiger partial charge in [-0.05, 0) is 83.5 Å². The summed E-state index contributed by atoms with van der Waals surface area (Å²) in [5, 5.41) is 0. The maximum absolute atomic E-state index is 2.56. The Labute approximate surface area is 217 Å². The van der Waals surface area contributed by atoms with E-state index < -0.39 is 0 Å². The van der Waals surface area contributed by atoms with Crippen LogP contribution in [0, 0.1) is 20.8 Å². The number of fused-ring (bicyclic) bond motifs is 4. The highest BCUT2D eigenvalue weighted by Gasteiger charge is 2.63. The van der Waals surface area contributed by atoms with Crippen LogP contribution in [0.4, 0.5) is 0 Å². The van der Waals surface area contributed by atoms with Gasteiger partial charge in [0.1, 0.15) is 0 Å². The highest BCUT2D eigenvalue weighted by molar-refractivity contribution is 5.66. The van der Waals surface area contributed by atoms with Crippen molar-refractivity contribution >= 4 is 0 Å². The molecule has 0 heteroatoms. The molecule has 3 unspecified atom stereocenters. The van der Waals surface area contributed by atoms with Crippen LogP contribution < -0.4 is 0 Å². The molecule has 0 bridgehead atoms. The normalized spacial score (nSPS) is 25.7. The van der Waals surface area contributed by atoms with Crippen LogP contribution in [0.2, 0.25) is 0 Å². The molecule has 0 aromatic heterocycles. The molecule has 0 heterocycles. The van der Waals surface area contributed by atoms with Crippen LogP contribution in [-0.4, -0.2) is 0 Å². The van der Waals surface area contributed by atoms with Crippen molar-refractivity contribution in [1.82, 2.24) is 0 Å². The van der Waals surface area contributed by atoms with Crippen molar-refractivity contribution in [2.75, 3.05) is 0 Å². The largest absolute Gasteiger partial charge is 0.0622 e. The Kier molecular flexibility index (Phi) is 5.14. The molecule has 4 aromatic rings. The second kappa shape index (κ2) is 7.94. The van der Waals surface area contributed by atoms with Crippen LogP contribution in [0.15, 0.2) is 91.0 Å². The predicted octanol–water partition coefficient (Wildman–Crippen LogP) is 8.88. The number of rotatable bonds is 3. The summed E-state index contributed by atoms with van der Waals surface area (Å²) < 4.78 is 0. The van der Waals surface area contributed by atoms with E-state index in [1.165, 1.54) is 33.4 Å². The lowest BCUT2D eigenvalue weighted by molar-refractivity contribution is 0.280. The monoisotopic (exact) mass is 470 g/mol. The summed E-state index contributed by atoms with van der Waals surface area (Å²) in [6.07, 6.45) is 2.17. The van der Waals surface area contributed by atoms with E-state index in [0.29, 0.717) is 5.92 Å². The summed E-state index contributed by atoms with van der Waals surface area (Å²) in [4.78, 5) is 0. The third-order valence-electron chi connectivity index (χ3n) is 9.51. The van der Waals surface area contributed by atoms with Crippen LogP contribution in [0.5, 0.6) is 0 Å². The second-order valence-corrected chi connectivity index (χ2v) is 12.5. The van der Waals surface area contributed by atoms with Crippen molar-refractivity contribution < 1.29 is 0 Å². The van der Waals surface area contributed by atoms with E-state index in [0.717, 1.165) is 12.8 Å². The molecule has 0 saturated heterocycles. The van der Waals surface area contributed by atoms with Crippen LogP contribution in [-0.2, 0) is 22.7 Å². The van der Waals surface area contributed by atoms with E-state index in [4.69, 9.17) is 0 Å². The van der Waals surface area contributed by atoms with Gasteiger partial charge in [0.2, 0.25) is 0 Å². The van der Waals surface area contributed by atoms with E-state index in [1.807, 2.05) is 0 Å². The first-order chi connectivity index (χ1) is 17.2. The zero-order chi connectivity index (χ0) is 25.3. The molecule has 1 spiro atoms. The Balaban J connectivity index is 1.72. The molecule has 2 aliphatic carbocycles. The second-order valence-electron chi connectivity index (χ2n) is 12.5. The van der Waals surface area contributed by atoms with Gasteiger partial charge < -0.3 is 0 Å². The van der Waals surface area contributed by atoms with E-state index in [2.05, 4.69) is 133 Å². The molecule has 36 heavy (non-hydrogen) atoms. The summed E-state index contributed by atoms with van der Waals surface area (Å²) >= 11 is 0. The van der Waals surface area contributed by atoms with Gasteiger partial charge >= 0.3 is 0 Å². The number of hydrogen-bond donors (Lipinski definition) is 0. The third kappa shape index (κ3) is 3.20. The lowest BCUT2D eigenvalue weighted by Gasteiger charge is -2.42. The van der Waals surface area contributed by atoms with Crippen molar-refractivity contribution in [3.8, 4) is 0 Å². The molecular weight excluding hydrogens is 432 g/mol. The molecule has 182 valence electrons. The van der Waals surface area contributed by atoms with Crippen LogP contribution in [0.3, 0.4) is 0 Å². The van der Waals surface area contributed by atoms with Crippen LogP contribution >= 0.6 is 0 Å². The minimum Gasteiger partial charge on any atom is -0.0622 e. The lowest BCUT2D eigenvalue weighted by atomic mass is 9.59. The molecule has 2 aliphatic rings. The molecule has 0 amide bonds. The maximum Gasteiger partial charge on any atom is 0.0294 e. The fraction of sp³-hybridized carbons (Fsp3) is 0.333. The van der Waals surface area contributed by atoms with Crippen molar-refractivity contribution in [1.29, 1.82) is 0 Å². The average molecular weight is 471 g/mol. The summed E-state index contributed by atoms with van der Waals surface area (Å²) in [6.45, 7) is 14.3. The van der Waals surface area contributed by atoms with Gasteiger partial charge in [0.15, 0.2) is 0 Å². The standard InChI is InChI=1S/C36H38/c1-24-17-18-29-30(19-24)34(4,5)23-36(29)32-21-26(3)25(2)20-31(32)35(6,22-27-13-9-7-10-14-27)33(36)28-15-11-8-12-16-28/h7-21,33H,22-23H2,1-6H3. The lowest BCUT2D eigenvalue weighted by Crippen LogP contribution is -2.39. The van der Waals surface area contributed by atoms with Gasteiger partial charge in [0.05, 0.1) is 0 Å². The number of hydrogen-bond acceptors (Lipinski definition) is 0. The fourth-order valence-corrected chi connectivity index (χ4v) is 8.02. The van der Waals surface area contributed by atoms with E-state index in [-0.39, 0.29) is 16.2 Å². The van der Waals surface area contributed by atoms with E-state index >= 15 is 0 Å². The molecule has 0 saturated carbocycles. The number of aryl methyl sites for hydroxylation is 3. The van der Waals surface area contributed by atoms with Gasteiger partial charge in [-0.2, -0.15) is 0 Å². The summed E-state index contributed by atoms with van der Waals surface area (Å²) in [7, 11) is 0. The first kappa shape index (κ1) is 23.3. The van der Waals surface area contributed by atoms with E-state index in [1.54, 1.807) is 16.7 Å². The zero-order valence-electron chi connectivity index (χ0n) is 22.7. The average Bonchev–Trinajstić information content (AvgIpc) is 3.19. The summed E-state index contributed by atoms with van der Waals surface area (Å²) in [6, 6.07) is 35.0. The van der Waals surface area contributed by atoms with Gasteiger partial charge in [0, 0.05) is 16.7 Å². The topological polar surface area (TPSA) is 0 Å². The van der Waals surface area contributed by atoms with Gasteiger partial charge in [-0.3, -0.25) is 0 Å². The minimum atomic E-state index is -0.0504. The Morgan fingerprint density at radius 2 is 1.25 bits per heavy atom. The van der Waals surface area contributed by atoms with E-state index in [9.17, 15) is 0 Å². The summed E-state index contributed by atoms with van der Waals surface area (Å²) in [5.41, 5.74) is 13.3. The summed E-state index contributed by atoms with van der Waals surface area (Å²) in [5.74, 6) is 0.353. The first-order valence-corrected chi connectivity index (χ1v) is 13.5. The van der Waals surface area contributed by atoms with Crippen LogP contribution in [0.25, 0.3) is 0 Å². The molecule has 6 rings (SSSR count). The van der Waals surface area contributed by atoms with Crippen LogP contribution in [0.1, 0.15) is 83.2 Å². The van der Waals surface area contributed by atoms with Gasteiger partial charge in [-0.15, -0.1) is 0 Å². The molecule has 0 nitrogen and oxygen atoms in total. The van der Waals surface area contributed by atoms with Crippen molar-refractivity contribution in [3.63, 3.8) is 0 Å². The molecule has 0 N–H and O–H groups in total. The Bertz CT molecular complexity index is 1440. The van der Waals surface area contributed by atoms with Gasteiger partial charge in [-0.1, -0.05) is 117 Å². The predicted molar refractivity (Wildman–Crippen MR) is 152 cm³/mol. The Morgan fingerprint density at radius 1 is 0.639 bits per heavy atom. The van der Waals surface area contributed by atoms with Crippen molar-refractivity contribution in [2.24, 2.45) is 0 Å². The quantitative estimate of drug-likeness (QED) is 0.280. The Morgan fingerprint density at radius 3 is 1.92 bits per heavy atom. The highest BCUT2D eigenvalue weighted by atomic mass is 14.7. The smallest absolute Gasteiger partial charge is 0.0294 e. The molecular formula is C36H38.